The molecule has 0 aliphatic rings. The lowest BCUT2D eigenvalue weighted by Crippen LogP contribution is -2.23. The molecule has 0 aliphatic heterocycles. The molecule has 0 atom stereocenters. The highest BCUT2D eigenvalue weighted by Gasteiger charge is 2.05. The Morgan fingerprint density at radius 3 is 2.47 bits per heavy atom. The number of halogens is 1. The van der Waals surface area contributed by atoms with Gasteiger partial charge in [-0.25, -0.2) is 0 Å². The molecule has 84 valence electrons. The lowest BCUT2D eigenvalue weighted by atomic mass is 9.99. The van der Waals surface area contributed by atoms with Crippen molar-refractivity contribution in [2.24, 2.45) is 17.4 Å². The van der Waals surface area contributed by atoms with Crippen LogP contribution in [0.2, 0.25) is 5.02 Å². The Morgan fingerprint density at radius 1 is 1.27 bits per heavy atom. The first-order chi connectivity index (χ1) is 7.17. The van der Waals surface area contributed by atoms with E-state index >= 15 is 0 Å². The average Bonchev–Trinajstić information content (AvgIpc) is 2.24. The number of hydrogen-bond acceptors (Lipinski definition) is 2. The summed E-state index contributed by atoms with van der Waals surface area (Å²) >= 11 is 5.96. The Labute approximate surface area is 96.6 Å². The lowest BCUT2D eigenvalue weighted by molar-refractivity contribution is 0.508. The third kappa shape index (κ3) is 3.82. The highest BCUT2D eigenvalue weighted by Crippen LogP contribution is 2.18. The Kier molecular flexibility index (Phi) is 5.09. The second kappa shape index (κ2) is 6.11. The Bertz CT molecular complexity index is 308. The molecule has 0 heterocycles. The van der Waals surface area contributed by atoms with E-state index in [-0.39, 0.29) is 0 Å². The molecule has 0 radical (unpaired) electrons. The van der Waals surface area contributed by atoms with Crippen molar-refractivity contribution in [2.75, 3.05) is 13.1 Å². The molecule has 1 aromatic rings. The van der Waals surface area contributed by atoms with Crippen LogP contribution in [0, 0.1) is 12.8 Å². The minimum atomic E-state index is 0.431. The predicted octanol–water partition coefficient (Wildman–Crippen LogP) is 2.11. The number of benzene rings is 1. The van der Waals surface area contributed by atoms with Crippen molar-refractivity contribution < 1.29 is 0 Å². The fourth-order valence-corrected chi connectivity index (χ4v) is 1.68. The number of nitrogens with two attached hydrogens (primary N) is 2. The van der Waals surface area contributed by atoms with Gasteiger partial charge >= 0.3 is 0 Å². The van der Waals surface area contributed by atoms with Gasteiger partial charge in [0.15, 0.2) is 0 Å². The first kappa shape index (κ1) is 12.5. The number of hydrogen-bond donors (Lipinski definition) is 2. The molecule has 0 aromatic heterocycles. The van der Waals surface area contributed by atoms with Crippen molar-refractivity contribution in [3.63, 3.8) is 0 Å². The summed E-state index contributed by atoms with van der Waals surface area (Å²) in [5.74, 6) is 0.431. The third-order valence-corrected chi connectivity index (χ3v) is 3.15. The van der Waals surface area contributed by atoms with Gasteiger partial charge < -0.3 is 11.5 Å². The molecule has 0 fully saturated rings. The molecular weight excluding hydrogens is 208 g/mol. The fraction of sp³-hybridized carbons (Fsp3) is 0.500. The summed E-state index contributed by atoms with van der Waals surface area (Å²) in [4.78, 5) is 0. The Balaban J connectivity index is 2.54. The summed E-state index contributed by atoms with van der Waals surface area (Å²) in [5, 5.41) is 0.827. The quantitative estimate of drug-likeness (QED) is 0.808. The zero-order valence-electron chi connectivity index (χ0n) is 9.17. The molecule has 0 amide bonds. The first-order valence-electron chi connectivity index (χ1n) is 5.32. The van der Waals surface area contributed by atoms with Gasteiger partial charge in [0, 0.05) is 5.02 Å². The maximum Gasteiger partial charge on any atom is 0.0435 e. The number of aryl methyl sites for hydroxylation is 2. The standard InChI is InChI=1S/C12H19ClN2/c1-9-6-10(4-5-12(9)13)2-3-11(7-14)8-15/h4-6,11H,2-3,7-8,14-15H2,1H3. The van der Waals surface area contributed by atoms with Crippen LogP contribution in [0.4, 0.5) is 0 Å². The topological polar surface area (TPSA) is 52.0 Å². The first-order valence-corrected chi connectivity index (χ1v) is 5.70. The van der Waals surface area contributed by atoms with Gasteiger partial charge in [-0.3, -0.25) is 0 Å². The summed E-state index contributed by atoms with van der Waals surface area (Å²) < 4.78 is 0. The summed E-state index contributed by atoms with van der Waals surface area (Å²) in [6, 6.07) is 6.15. The maximum absolute atomic E-state index is 5.96. The molecule has 1 aromatic carbocycles. The van der Waals surface area contributed by atoms with Crippen LogP contribution >= 0.6 is 11.6 Å². The minimum absolute atomic E-state index is 0.431. The normalized spacial score (nSPS) is 11.0. The third-order valence-electron chi connectivity index (χ3n) is 2.73. The van der Waals surface area contributed by atoms with E-state index in [0.717, 1.165) is 23.4 Å². The van der Waals surface area contributed by atoms with Crippen molar-refractivity contribution in [2.45, 2.75) is 19.8 Å². The predicted molar refractivity (Wildman–Crippen MR) is 66.1 cm³/mol. The zero-order valence-corrected chi connectivity index (χ0v) is 9.93. The van der Waals surface area contributed by atoms with Crippen LogP contribution < -0.4 is 11.5 Å². The van der Waals surface area contributed by atoms with Gasteiger partial charge in [0.25, 0.3) is 0 Å². The highest BCUT2D eigenvalue weighted by molar-refractivity contribution is 6.31. The minimum Gasteiger partial charge on any atom is -0.330 e. The molecule has 4 N–H and O–H groups in total. The lowest BCUT2D eigenvalue weighted by Gasteiger charge is -2.12. The molecule has 0 spiro atoms. The second-order valence-corrected chi connectivity index (χ2v) is 4.37. The van der Waals surface area contributed by atoms with Crippen LogP contribution in [-0.4, -0.2) is 13.1 Å². The van der Waals surface area contributed by atoms with E-state index in [1.165, 1.54) is 5.56 Å². The molecule has 0 unspecified atom stereocenters. The van der Waals surface area contributed by atoms with E-state index in [2.05, 4.69) is 12.1 Å². The SMILES string of the molecule is Cc1cc(CCC(CN)CN)ccc1Cl. The van der Waals surface area contributed by atoms with Crippen molar-refractivity contribution >= 4 is 11.6 Å². The average molecular weight is 227 g/mol. The van der Waals surface area contributed by atoms with Crippen molar-refractivity contribution in [3.8, 4) is 0 Å². The fourth-order valence-electron chi connectivity index (χ4n) is 1.57. The van der Waals surface area contributed by atoms with E-state index in [4.69, 9.17) is 23.1 Å². The molecule has 1 rings (SSSR count). The summed E-state index contributed by atoms with van der Waals surface area (Å²) in [7, 11) is 0. The molecule has 15 heavy (non-hydrogen) atoms. The summed E-state index contributed by atoms with van der Waals surface area (Å²) in [6.45, 7) is 3.36. The van der Waals surface area contributed by atoms with Crippen LogP contribution in [0.1, 0.15) is 17.5 Å². The van der Waals surface area contributed by atoms with Crippen LogP contribution in [0.3, 0.4) is 0 Å². The van der Waals surface area contributed by atoms with E-state index in [0.29, 0.717) is 19.0 Å². The van der Waals surface area contributed by atoms with Gasteiger partial charge in [0.05, 0.1) is 0 Å². The van der Waals surface area contributed by atoms with Crippen LogP contribution in [0.5, 0.6) is 0 Å². The number of rotatable bonds is 5. The monoisotopic (exact) mass is 226 g/mol. The van der Waals surface area contributed by atoms with Gasteiger partial charge in [-0.05, 0) is 56.0 Å². The Morgan fingerprint density at radius 2 is 1.93 bits per heavy atom. The van der Waals surface area contributed by atoms with Crippen LogP contribution in [0.25, 0.3) is 0 Å². The molecule has 3 heteroatoms. The summed E-state index contributed by atoms with van der Waals surface area (Å²) in [6.07, 6.45) is 2.07. The van der Waals surface area contributed by atoms with Crippen molar-refractivity contribution in [1.29, 1.82) is 0 Å². The molecular formula is C12H19ClN2. The van der Waals surface area contributed by atoms with Gasteiger partial charge in [-0.1, -0.05) is 23.7 Å². The van der Waals surface area contributed by atoms with Gasteiger partial charge in [0.2, 0.25) is 0 Å². The molecule has 0 aliphatic carbocycles. The zero-order chi connectivity index (χ0) is 11.3. The second-order valence-electron chi connectivity index (χ2n) is 3.96. The van der Waals surface area contributed by atoms with E-state index < -0.39 is 0 Å². The largest absolute Gasteiger partial charge is 0.330 e. The smallest absolute Gasteiger partial charge is 0.0435 e. The van der Waals surface area contributed by atoms with Crippen LogP contribution in [0.15, 0.2) is 18.2 Å². The maximum atomic E-state index is 5.96. The molecule has 2 nitrogen and oxygen atoms in total. The molecule has 0 saturated carbocycles. The van der Waals surface area contributed by atoms with Crippen molar-refractivity contribution in [3.05, 3.63) is 34.3 Å². The van der Waals surface area contributed by atoms with Gasteiger partial charge in [-0.15, -0.1) is 0 Å². The van der Waals surface area contributed by atoms with E-state index in [9.17, 15) is 0 Å². The van der Waals surface area contributed by atoms with E-state index in [1.807, 2.05) is 13.0 Å². The van der Waals surface area contributed by atoms with Crippen molar-refractivity contribution in [1.82, 2.24) is 0 Å². The summed E-state index contributed by atoms with van der Waals surface area (Å²) in [5.41, 5.74) is 13.6. The van der Waals surface area contributed by atoms with Crippen LogP contribution in [-0.2, 0) is 6.42 Å². The Hall–Kier alpha value is -0.570. The van der Waals surface area contributed by atoms with Gasteiger partial charge in [-0.2, -0.15) is 0 Å². The van der Waals surface area contributed by atoms with E-state index in [1.54, 1.807) is 0 Å². The highest BCUT2D eigenvalue weighted by atomic mass is 35.5. The molecule has 0 saturated heterocycles. The van der Waals surface area contributed by atoms with Gasteiger partial charge in [0.1, 0.15) is 0 Å². The molecule has 0 bridgehead atoms.